The number of carboxylic acids is 1. The Balaban J connectivity index is 0.00000121. The maximum Gasteiger partial charge on any atom is 0.309 e. The minimum atomic E-state index is -0.713. The highest BCUT2D eigenvalue weighted by Crippen LogP contribution is 2.10. The monoisotopic (exact) mass is 253 g/mol. The largest absolute Gasteiger partial charge is 1.00 e. The number of aliphatic carboxylic acids is 1. The molecule has 0 unspecified atom stereocenters. The number of carboxylic acid groups (broad SMARTS) is 1. The Morgan fingerprint density at radius 2 is 2.42 bits per heavy atom. The van der Waals surface area contributed by atoms with Gasteiger partial charge in [0.25, 0.3) is 0 Å². The van der Waals surface area contributed by atoms with E-state index in [0.29, 0.717) is 6.54 Å². The van der Waals surface area contributed by atoms with Crippen LogP contribution in [0.3, 0.4) is 0 Å². The molecule has 1 rings (SSSR count). The Morgan fingerprint density at radius 1 is 1.75 bits per heavy atom. The predicted molar refractivity (Wildman–Crippen MR) is 45.4 cm³/mol. The minimum Gasteiger partial charge on any atom is -1.00 e. The van der Waals surface area contributed by atoms with Crippen LogP contribution < -0.4 is 17.0 Å². The van der Waals surface area contributed by atoms with Gasteiger partial charge in [-0.3, -0.25) is 4.79 Å². The summed E-state index contributed by atoms with van der Waals surface area (Å²) >= 11 is 1.81. The predicted octanol–water partition coefficient (Wildman–Crippen LogP) is -2.36. The van der Waals surface area contributed by atoms with Crippen molar-refractivity contribution >= 4 is 22.8 Å². The van der Waals surface area contributed by atoms with E-state index in [9.17, 15) is 4.79 Å². The van der Waals surface area contributed by atoms with Crippen LogP contribution in [-0.2, 0) is 4.79 Å². The molecule has 1 aliphatic heterocycles. The van der Waals surface area contributed by atoms with E-state index < -0.39 is 5.97 Å². The molecule has 0 aromatic rings. The van der Waals surface area contributed by atoms with Gasteiger partial charge in [0.15, 0.2) is 13.1 Å². The first-order chi connectivity index (χ1) is 5.20. The molecule has 5 heteroatoms. The Kier molecular flexibility index (Phi) is 5.57. The van der Waals surface area contributed by atoms with Crippen LogP contribution in [0, 0.1) is 0 Å². The molecule has 0 amide bonds. The highest BCUT2D eigenvalue weighted by atomic mass is 79.9. The molecule has 0 fully saturated rings. The smallest absolute Gasteiger partial charge is 0.309 e. The Bertz CT molecular complexity index is 206. The van der Waals surface area contributed by atoms with Gasteiger partial charge in [-0.25, -0.2) is 4.58 Å². The van der Waals surface area contributed by atoms with Gasteiger partial charge in [0.05, 0.1) is 5.75 Å². The molecule has 0 saturated carbocycles. The van der Waals surface area contributed by atoms with Gasteiger partial charge in [-0.15, -0.1) is 0 Å². The second kappa shape index (κ2) is 5.59. The quantitative estimate of drug-likeness (QED) is 0.573. The van der Waals surface area contributed by atoms with Crippen molar-refractivity contribution < 1.29 is 31.5 Å². The third-order valence-electron chi connectivity index (χ3n) is 1.71. The van der Waals surface area contributed by atoms with Crippen molar-refractivity contribution in [2.24, 2.45) is 0 Å². The van der Waals surface area contributed by atoms with E-state index in [0.717, 1.165) is 12.3 Å². The van der Waals surface area contributed by atoms with Crippen LogP contribution in [0.15, 0.2) is 0 Å². The Labute approximate surface area is 86.6 Å². The molecule has 3 nitrogen and oxygen atoms in total. The molecule has 0 saturated heterocycles. The van der Waals surface area contributed by atoms with Crippen LogP contribution in [0.4, 0.5) is 0 Å². The van der Waals surface area contributed by atoms with E-state index in [1.165, 1.54) is 5.04 Å². The third-order valence-corrected chi connectivity index (χ3v) is 2.78. The zero-order valence-corrected chi connectivity index (χ0v) is 9.32. The summed E-state index contributed by atoms with van der Waals surface area (Å²) in [6.45, 7) is 3.71. The summed E-state index contributed by atoms with van der Waals surface area (Å²) in [5.41, 5.74) is 0. The first-order valence-corrected chi connectivity index (χ1v) is 4.62. The zero-order valence-electron chi connectivity index (χ0n) is 6.92. The number of hydrogen-bond donors (Lipinski definition) is 1. The summed E-state index contributed by atoms with van der Waals surface area (Å²) in [7, 11) is 0. The molecule has 70 valence electrons. The van der Waals surface area contributed by atoms with Crippen LogP contribution in [0.1, 0.15) is 13.3 Å². The van der Waals surface area contributed by atoms with Gasteiger partial charge in [-0.2, -0.15) is 0 Å². The molecule has 0 radical (unpaired) electrons. The van der Waals surface area contributed by atoms with Crippen LogP contribution in [0.25, 0.3) is 0 Å². The molecule has 0 aliphatic carbocycles. The Morgan fingerprint density at radius 3 is 2.83 bits per heavy atom. The first-order valence-electron chi connectivity index (χ1n) is 3.63. The summed E-state index contributed by atoms with van der Waals surface area (Å²) in [6.07, 6.45) is 0.248. The SMILES string of the molecule is CC1=[N+](CCC(=O)O)CCS1.[Br-]. The number of carbonyl (C=O) groups is 1. The van der Waals surface area contributed by atoms with Crippen molar-refractivity contribution in [2.45, 2.75) is 13.3 Å². The van der Waals surface area contributed by atoms with Crippen LogP contribution in [-0.4, -0.2) is 39.5 Å². The lowest BCUT2D eigenvalue weighted by molar-refractivity contribution is -0.517. The normalized spacial score (nSPS) is 16.1. The summed E-state index contributed by atoms with van der Waals surface area (Å²) in [5, 5.41) is 9.67. The fourth-order valence-corrected chi connectivity index (χ4v) is 2.02. The van der Waals surface area contributed by atoms with Crippen LogP contribution in [0.2, 0.25) is 0 Å². The Hall–Kier alpha value is -0.0300. The number of nitrogens with zero attached hydrogens (tertiary/aromatic N) is 1. The maximum atomic E-state index is 10.2. The molecular formula is C7H12BrNO2S. The first kappa shape index (κ1) is 12.0. The minimum absolute atomic E-state index is 0. The standard InChI is InChI=1S/C7H11NO2S.BrH/c1-6-8(4-5-11-6)3-2-7(9)10;/h2-5H2,1H3;1H. The van der Waals surface area contributed by atoms with Gasteiger partial charge in [0, 0.05) is 6.92 Å². The summed E-state index contributed by atoms with van der Waals surface area (Å²) < 4.78 is 2.12. The third kappa shape index (κ3) is 3.58. The average molecular weight is 254 g/mol. The van der Waals surface area contributed by atoms with Gasteiger partial charge >= 0.3 is 5.97 Å². The van der Waals surface area contributed by atoms with Gasteiger partial charge in [0.1, 0.15) is 6.42 Å². The average Bonchev–Trinajstić information content (AvgIpc) is 2.31. The molecule has 1 aliphatic rings. The lowest BCUT2D eigenvalue weighted by Gasteiger charge is -1.94. The molecule has 0 aromatic carbocycles. The van der Waals surface area contributed by atoms with E-state index in [1.807, 2.05) is 6.92 Å². The van der Waals surface area contributed by atoms with Crippen molar-refractivity contribution in [2.75, 3.05) is 18.8 Å². The van der Waals surface area contributed by atoms with E-state index in [4.69, 9.17) is 5.11 Å². The van der Waals surface area contributed by atoms with Crippen molar-refractivity contribution in [3.8, 4) is 0 Å². The molecule has 0 atom stereocenters. The van der Waals surface area contributed by atoms with E-state index in [1.54, 1.807) is 11.8 Å². The molecular weight excluding hydrogens is 242 g/mol. The van der Waals surface area contributed by atoms with Gasteiger partial charge in [-0.1, -0.05) is 11.8 Å². The molecule has 1 heterocycles. The number of hydrogen-bond acceptors (Lipinski definition) is 2. The van der Waals surface area contributed by atoms with Gasteiger partial charge < -0.3 is 22.1 Å². The summed E-state index contributed by atoms with van der Waals surface area (Å²) in [6, 6.07) is 0. The van der Waals surface area contributed by atoms with Crippen molar-refractivity contribution in [3.05, 3.63) is 0 Å². The second-order valence-corrected chi connectivity index (χ2v) is 3.79. The van der Waals surface area contributed by atoms with Crippen LogP contribution in [0.5, 0.6) is 0 Å². The summed E-state index contributed by atoms with van der Waals surface area (Å²) in [5.74, 6) is 0.389. The highest BCUT2D eigenvalue weighted by molar-refractivity contribution is 8.13. The van der Waals surface area contributed by atoms with E-state index >= 15 is 0 Å². The maximum absolute atomic E-state index is 10.2. The fourth-order valence-electron chi connectivity index (χ4n) is 1.05. The number of thioether (sulfide) groups is 1. The zero-order chi connectivity index (χ0) is 8.27. The summed E-state index contributed by atoms with van der Waals surface area (Å²) in [4.78, 5) is 10.2. The second-order valence-electron chi connectivity index (χ2n) is 2.50. The van der Waals surface area contributed by atoms with Crippen molar-refractivity contribution in [1.29, 1.82) is 0 Å². The van der Waals surface area contributed by atoms with E-state index in [-0.39, 0.29) is 23.4 Å². The van der Waals surface area contributed by atoms with Gasteiger partial charge in [0.2, 0.25) is 5.04 Å². The number of halogens is 1. The highest BCUT2D eigenvalue weighted by Gasteiger charge is 2.18. The van der Waals surface area contributed by atoms with Crippen LogP contribution >= 0.6 is 11.8 Å². The topological polar surface area (TPSA) is 40.3 Å². The van der Waals surface area contributed by atoms with Gasteiger partial charge in [-0.05, 0) is 0 Å². The van der Waals surface area contributed by atoms with E-state index in [2.05, 4.69) is 4.58 Å². The molecule has 12 heavy (non-hydrogen) atoms. The molecule has 0 aromatic heterocycles. The molecule has 1 N–H and O–H groups in total. The number of rotatable bonds is 3. The molecule has 0 bridgehead atoms. The fraction of sp³-hybridized carbons (Fsp3) is 0.714. The van der Waals surface area contributed by atoms with Crippen molar-refractivity contribution in [3.63, 3.8) is 0 Å². The molecule has 0 spiro atoms. The lowest BCUT2D eigenvalue weighted by atomic mass is 10.4. The lowest BCUT2D eigenvalue weighted by Crippen LogP contribution is -3.00. The van der Waals surface area contributed by atoms with Crippen molar-refractivity contribution in [1.82, 2.24) is 0 Å².